The first-order chi connectivity index (χ1) is 6.99. The quantitative estimate of drug-likeness (QED) is 0.772. The summed E-state index contributed by atoms with van der Waals surface area (Å²) in [6.07, 6.45) is -0.338. The summed E-state index contributed by atoms with van der Waals surface area (Å²) in [5.74, 6) is 0. The van der Waals surface area contributed by atoms with Gasteiger partial charge in [-0.25, -0.2) is 0 Å². The van der Waals surface area contributed by atoms with E-state index in [0.717, 1.165) is 5.56 Å². The summed E-state index contributed by atoms with van der Waals surface area (Å²) in [4.78, 5) is 2.01. The van der Waals surface area contributed by atoms with E-state index in [1.54, 1.807) is 19.1 Å². The van der Waals surface area contributed by atoms with Crippen molar-refractivity contribution in [2.24, 2.45) is 0 Å². The molecule has 15 heavy (non-hydrogen) atoms. The topological polar surface area (TPSA) is 49.5 Å². The molecule has 0 radical (unpaired) electrons. The molecular weight excluding hydrogens is 212 g/mol. The summed E-state index contributed by atoms with van der Waals surface area (Å²) in [6.45, 7) is 3.07. The second-order valence-corrected chi connectivity index (χ2v) is 4.30. The largest absolute Gasteiger partial charge is 0.399 e. The molecule has 0 amide bonds. The molecule has 0 aliphatic carbocycles. The van der Waals surface area contributed by atoms with Crippen LogP contribution < -0.4 is 5.73 Å². The summed E-state index contributed by atoms with van der Waals surface area (Å²) >= 11 is 6.03. The lowest BCUT2D eigenvalue weighted by atomic mass is 10.2. The van der Waals surface area contributed by atoms with E-state index in [1.165, 1.54) is 0 Å². The SMILES string of the molecule is CC(O)CN(C)Cc1cc(N)ccc1Cl. The smallest absolute Gasteiger partial charge is 0.0639 e. The Balaban J connectivity index is 2.67. The number of nitrogens with zero attached hydrogens (tertiary/aromatic N) is 1. The van der Waals surface area contributed by atoms with Crippen molar-refractivity contribution in [1.82, 2.24) is 4.90 Å². The number of nitrogen functional groups attached to an aromatic ring is 1. The van der Waals surface area contributed by atoms with Gasteiger partial charge >= 0.3 is 0 Å². The second kappa shape index (κ2) is 5.35. The predicted molar refractivity (Wildman–Crippen MR) is 63.9 cm³/mol. The minimum absolute atomic E-state index is 0.338. The minimum Gasteiger partial charge on any atom is -0.399 e. The average Bonchev–Trinajstić information content (AvgIpc) is 2.10. The van der Waals surface area contributed by atoms with Crippen molar-refractivity contribution in [2.75, 3.05) is 19.3 Å². The third-order valence-corrected chi connectivity index (χ3v) is 2.45. The van der Waals surface area contributed by atoms with Crippen LogP contribution in [0, 0.1) is 0 Å². The number of nitrogens with two attached hydrogens (primary N) is 1. The molecule has 0 spiro atoms. The highest BCUT2D eigenvalue weighted by atomic mass is 35.5. The third-order valence-electron chi connectivity index (χ3n) is 2.09. The number of benzene rings is 1. The van der Waals surface area contributed by atoms with E-state index < -0.39 is 0 Å². The number of aliphatic hydroxyl groups is 1. The Morgan fingerprint density at radius 2 is 2.20 bits per heavy atom. The van der Waals surface area contributed by atoms with Crippen LogP contribution in [0.5, 0.6) is 0 Å². The summed E-state index contributed by atoms with van der Waals surface area (Å²) in [5.41, 5.74) is 7.37. The molecule has 84 valence electrons. The first-order valence-electron chi connectivity index (χ1n) is 4.89. The van der Waals surface area contributed by atoms with Crippen LogP contribution >= 0.6 is 11.6 Å². The van der Waals surface area contributed by atoms with Gasteiger partial charge in [0.15, 0.2) is 0 Å². The normalized spacial score (nSPS) is 13.1. The van der Waals surface area contributed by atoms with Crippen LogP contribution in [-0.2, 0) is 6.54 Å². The molecule has 1 aromatic carbocycles. The zero-order valence-corrected chi connectivity index (χ0v) is 9.83. The highest BCUT2D eigenvalue weighted by molar-refractivity contribution is 6.31. The number of likely N-dealkylation sites (N-methyl/N-ethyl adjacent to an activating group) is 1. The van der Waals surface area contributed by atoms with E-state index in [2.05, 4.69) is 0 Å². The molecule has 1 rings (SSSR count). The lowest BCUT2D eigenvalue weighted by Gasteiger charge is -2.19. The van der Waals surface area contributed by atoms with Gasteiger partial charge in [0, 0.05) is 23.8 Å². The number of rotatable bonds is 4. The van der Waals surface area contributed by atoms with Crippen molar-refractivity contribution in [3.63, 3.8) is 0 Å². The second-order valence-electron chi connectivity index (χ2n) is 3.90. The Morgan fingerprint density at radius 3 is 2.80 bits per heavy atom. The third kappa shape index (κ3) is 4.08. The first kappa shape index (κ1) is 12.3. The Morgan fingerprint density at radius 1 is 1.53 bits per heavy atom. The van der Waals surface area contributed by atoms with E-state index in [1.807, 2.05) is 18.0 Å². The van der Waals surface area contributed by atoms with Crippen LogP contribution in [0.4, 0.5) is 5.69 Å². The van der Waals surface area contributed by atoms with Gasteiger partial charge in [0.05, 0.1) is 6.10 Å². The van der Waals surface area contributed by atoms with E-state index in [-0.39, 0.29) is 6.10 Å². The van der Waals surface area contributed by atoms with Crippen molar-refractivity contribution in [2.45, 2.75) is 19.6 Å². The summed E-state index contributed by atoms with van der Waals surface area (Å²) in [7, 11) is 1.94. The summed E-state index contributed by atoms with van der Waals surface area (Å²) in [6, 6.07) is 5.43. The van der Waals surface area contributed by atoms with Crippen LogP contribution in [0.25, 0.3) is 0 Å². The van der Waals surface area contributed by atoms with Crippen molar-refractivity contribution in [3.8, 4) is 0 Å². The molecular formula is C11H17ClN2O. The van der Waals surface area contributed by atoms with Gasteiger partial charge < -0.3 is 10.8 Å². The highest BCUT2D eigenvalue weighted by Crippen LogP contribution is 2.20. The van der Waals surface area contributed by atoms with Crippen molar-refractivity contribution >= 4 is 17.3 Å². The van der Waals surface area contributed by atoms with Gasteiger partial charge in [0.25, 0.3) is 0 Å². The average molecular weight is 229 g/mol. The number of hydrogen-bond acceptors (Lipinski definition) is 3. The van der Waals surface area contributed by atoms with Crippen LogP contribution in [0.15, 0.2) is 18.2 Å². The highest BCUT2D eigenvalue weighted by Gasteiger charge is 2.07. The Bertz CT molecular complexity index is 328. The maximum Gasteiger partial charge on any atom is 0.0639 e. The Kier molecular flexibility index (Phi) is 4.39. The monoisotopic (exact) mass is 228 g/mol. The molecule has 0 fully saturated rings. The van der Waals surface area contributed by atoms with Gasteiger partial charge in [0.2, 0.25) is 0 Å². The molecule has 3 nitrogen and oxygen atoms in total. The Labute approximate surface area is 95.5 Å². The van der Waals surface area contributed by atoms with Gasteiger partial charge in [-0.3, -0.25) is 4.90 Å². The predicted octanol–water partition coefficient (Wildman–Crippen LogP) is 1.73. The van der Waals surface area contributed by atoms with Crippen molar-refractivity contribution < 1.29 is 5.11 Å². The summed E-state index contributed by atoms with van der Waals surface area (Å²) in [5, 5.41) is 9.94. The van der Waals surface area contributed by atoms with Crippen molar-refractivity contribution in [1.29, 1.82) is 0 Å². The Hall–Kier alpha value is -0.770. The molecule has 0 aromatic heterocycles. The fourth-order valence-corrected chi connectivity index (χ4v) is 1.70. The van der Waals surface area contributed by atoms with E-state index in [4.69, 9.17) is 17.3 Å². The van der Waals surface area contributed by atoms with Crippen LogP contribution in [0.2, 0.25) is 5.02 Å². The van der Waals surface area contributed by atoms with E-state index in [9.17, 15) is 5.11 Å². The molecule has 0 bridgehead atoms. The fraction of sp³-hybridized carbons (Fsp3) is 0.455. The molecule has 1 aromatic rings. The molecule has 0 saturated carbocycles. The van der Waals surface area contributed by atoms with Gasteiger partial charge in [-0.1, -0.05) is 11.6 Å². The van der Waals surface area contributed by atoms with Gasteiger partial charge in [-0.05, 0) is 37.7 Å². The first-order valence-corrected chi connectivity index (χ1v) is 5.27. The lowest BCUT2D eigenvalue weighted by Crippen LogP contribution is -2.26. The number of aliphatic hydroxyl groups excluding tert-OH is 1. The maximum absolute atomic E-state index is 9.23. The zero-order valence-electron chi connectivity index (χ0n) is 9.07. The number of halogens is 1. The van der Waals surface area contributed by atoms with Crippen molar-refractivity contribution in [3.05, 3.63) is 28.8 Å². The van der Waals surface area contributed by atoms with Crippen LogP contribution in [-0.4, -0.2) is 29.7 Å². The zero-order chi connectivity index (χ0) is 11.4. The standard InChI is InChI=1S/C11H17ClN2O/c1-8(15)6-14(2)7-9-5-10(13)3-4-11(9)12/h3-5,8,15H,6-7,13H2,1-2H3. The molecule has 4 heteroatoms. The molecule has 1 unspecified atom stereocenters. The summed E-state index contributed by atoms with van der Waals surface area (Å²) < 4.78 is 0. The van der Waals surface area contributed by atoms with E-state index >= 15 is 0 Å². The maximum atomic E-state index is 9.23. The van der Waals surface area contributed by atoms with Gasteiger partial charge in [-0.15, -0.1) is 0 Å². The van der Waals surface area contributed by atoms with Crippen LogP contribution in [0.3, 0.4) is 0 Å². The number of anilines is 1. The molecule has 0 aliphatic rings. The van der Waals surface area contributed by atoms with Gasteiger partial charge in [-0.2, -0.15) is 0 Å². The molecule has 3 N–H and O–H groups in total. The molecule has 0 aliphatic heterocycles. The van der Waals surface area contributed by atoms with Gasteiger partial charge in [0.1, 0.15) is 0 Å². The lowest BCUT2D eigenvalue weighted by molar-refractivity contribution is 0.138. The molecule has 1 atom stereocenters. The molecule has 0 heterocycles. The van der Waals surface area contributed by atoms with E-state index in [0.29, 0.717) is 23.8 Å². The minimum atomic E-state index is -0.338. The number of hydrogen-bond donors (Lipinski definition) is 2. The fourth-order valence-electron chi connectivity index (χ4n) is 1.52. The van der Waals surface area contributed by atoms with Crippen LogP contribution in [0.1, 0.15) is 12.5 Å². The molecule has 0 saturated heterocycles.